The van der Waals surface area contributed by atoms with Crippen LogP contribution in [0.2, 0.25) is 5.02 Å². The number of phenolic OH excluding ortho intramolecular Hbond substituents is 1. The number of aromatic hydroxyl groups is 1. The highest BCUT2D eigenvalue weighted by atomic mass is 35.5. The van der Waals surface area contributed by atoms with Crippen LogP contribution in [0.1, 0.15) is 25.3 Å². The molecule has 1 rings (SSSR count). The Hall–Kier alpha value is -0.690. The zero-order valence-corrected chi connectivity index (χ0v) is 7.39. The number of hydrogen-bond donors (Lipinski definition) is 1. The number of hydrogen-bond acceptors (Lipinski definition) is 1. The van der Waals surface area contributed by atoms with Gasteiger partial charge in [-0.25, -0.2) is 0 Å². The quantitative estimate of drug-likeness (QED) is 0.687. The van der Waals surface area contributed by atoms with E-state index in [0.29, 0.717) is 10.9 Å². The highest BCUT2D eigenvalue weighted by molar-refractivity contribution is 6.32. The van der Waals surface area contributed by atoms with Crippen molar-refractivity contribution in [1.29, 1.82) is 0 Å². The molecule has 0 unspecified atom stereocenters. The van der Waals surface area contributed by atoms with Gasteiger partial charge in [0.1, 0.15) is 5.75 Å². The van der Waals surface area contributed by atoms with Crippen molar-refractivity contribution in [1.82, 2.24) is 0 Å². The van der Waals surface area contributed by atoms with Crippen molar-refractivity contribution in [2.75, 3.05) is 0 Å². The molecule has 11 heavy (non-hydrogen) atoms. The van der Waals surface area contributed by atoms with Gasteiger partial charge in [-0.1, -0.05) is 37.6 Å². The van der Waals surface area contributed by atoms with Gasteiger partial charge in [0.25, 0.3) is 0 Å². The van der Waals surface area contributed by atoms with Crippen molar-refractivity contribution in [2.24, 2.45) is 0 Å². The zero-order chi connectivity index (χ0) is 8.43. The lowest BCUT2D eigenvalue weighted by molar-refractivity contribution is 0.474. The molecule has 0 aromatic heterocycles. The third kappa shape index (κ3) is 1.66. The van der Waals surface area contributed by atoms with E-state index >= 15 is 0 Å². The predicted molar refractivity (Wildman–Crippen MR) is 47.2 cm³/mol. The smallest absolute Gasteiger partial charge is 0.134 e. The number of benzene rings is 1. The van der Waals surface area contributed by atoms with Crippen LogP contribution in [-0.2, 0) is 0 Å². The molecule has 0 amide bonds. The summed E-state index contributed by atoms with van der Waals surface area (Å²) in [4.78, 5) is 0. The molecule has 1 nitrogen and oxygen atoms in total. The number of rotatable bonds is 1. The van der Waals surface area contributed by atoms with Crippen LogP contribution in [0.4, 0.5) is 0 Å². The van der Waals surface area contributed by atoms with E-state index in [-0.39, 0.29) is 5.75 Å². The van der Waals surface area contributed by atoms with E-state index < -0.39 is 0 Å². The van der Waals surface area contributed by atoms with Crippen molar-refractivity contribution in [3.05, 3.63) is 28.8 Å². The minimum absolute atomic E-state index is 0.165. The summed E-state index contributed by atoms with van der Waals surface area (Å²) in [6.07, 6.45) is 0. The summed E-state index contributed by atoms with van der Waals surface area (Å²) in [6, 6.07) is 5.32. The van der Waals surface area contributed by atoms with Crippen LogP contribution >= 0.6 is 11.6 Å². The first-order valence-electron chi connectivity index (χ1n) is 3.60. The van der Waals surface area contributed by atoms with Gasteiger partial charge in [-0.3, -0.25) is 0 Å². The third-order valence-electron chi connectivity index (χ3n) is 1.63. The highest BCUT2D eigenvalue weighted by Gasteiger charge is 2.06. The van der Waals surface area contributed by atoms with E-state index in [0.717, 1.165) is 5.56 Å². The maximum atomic E-state index is 9.22. The summed E-state index contributed by atoms with van der Waals surface area (Å²) in [7, 11) is 0. The standard InChI is InChI=1S/C9H11ClO/c1-6(2)7-4-3-5-8(11)9(7)10/h3-6,11H,1-2H3. The Kier molecular flexibility index (Phi) is 2.40. The first-order chi connectivity index (χ1) is 5.13. The summed E-state index contributed by atoms with van der Waals surface area (Å²) in [5.74, 6) is 0.521. The molecule has 0 saturated heterocycles. The largest absolute Gasteiger partial charge is 0.506 e. The second-order valence-corrected chi connectivity index (χ2v) is 3.21. The molecule has 0 fully saturated rings. The maximum Gasteiger partial charge on any atom is 0.134 e. The predicted octanol–water partition coefficient (Wildman–Crippen LogP) is 3.17. The average Bonchev–Trinajstić information content (AvgIpc) is 1.94. The van der Waals surface area contributed by atoms with Crippen LogP contribution in [0.25, 0.3) is 0 Å². The SMILES string of the molecule is CC(C)c1cccc(O)c1Cl. The van der Waals surface area contributed by atoms with Crippen molar-refractivity contribution >= 4 is 11.6 Å². The zero-order valence-electron chi connectivity index (χ0n) is 6.63. The molecule has 0 spiro atoms. The summed E-state index contributed by atoms with van der Waals surface area (Å²) < 4.78 is 0. The molecule has 1 N–H and O–H groups in total. The van der Waals surface area contributed by atoms with Crippen molar-refractivity contribution < 1.29 is 5.11 Å². The van der Waals surface area contributed by atoms with Gasteiger partial charge in [0, 0.05) is 0 Å². The minimum Gasteiger partial charge on any atom is -0.506 e. The lowest BCUT2D eigenvalue weighted by Crippen LogP contribution is -1.87. The molecule has 1 aromatic carbocycles. The highest BCUT2D eigenvalue weighted by Crippen LogP contribution is 2.31. The Labute approximate surface area is 71.6 Å². The van der Waals surface area contributed by atoms with Crippen molar-refractivity contribution in [2.45, 2.75) is 19.8 Å². The Morgan fingerprint density at radius 2 is 2.00 bits per heavy atom. The van der Waals surface area contributed by atoms with Crippen LogP contribution < -0.4 is 0 Å². The second kappa shape index (κ2) is 3.14. The van der Waals surface area contributed by atoms with E-state index in [9.17, 15) is 5.11 Å². The molecular weight excluding hydrogens is 160 g/mol. The van der Waals surface area contributed by atoms with E-state index in [1.165, 1.54) is 0 Å². The Morgan fingerprint density at radius 3 is 2.45 bits per heavy atom. The fourth-order valence-corrected chi connectivity index (χ4v) is 1.33. The fourth-order valence-electron chi connectivity index (χ4n) is 0.983. The molecule has 0 aliphatic carbocycles. The minimum atomic E-state index is 0.165. The summed E-state index contributed by atoms with van der Waals surface area (Å²) >= 11 is 5.84. The Bertz CT molecular complexity index is 256. The lowest BCUT2D eigenvalue weighted by atomic mass is 10.0. The first-order valence-corrected chi connectivity index (χ1v) is 3.98. The third-order valence-corrected chi connectivity index (χ3v) is 2.04. The topological polar surface area (TPSA) is 20.2 Å². The average molecular weight is 171 g/mol. The van der Waals surface area contributed by atoms with E-state index in [1.807, 2.05) is 19.9 Å². The second-order valence-electron chi connectivity index (χ2n) is 2.84. The van der Waals surface area contributed by atoms with Crippen LogP contribution in [0, 0.1) is 0 Å². The van der Waals surface area contributed by atoms with Gasteiger partial charge < -0.3 is 5.11 Å². The molecule has 0 radical (unpaired) electrons. The molecule has 0 saturated carbocycles. The van der Waals surface area contributed by atoms with E-state index in [1.54, 1.807) is 12.1 Å². The van der Waals surface area contributed by atoms with Gasteiger partial charge in [-0.05, 0) is 17.5 Å². The molecule has 0 aliphatic rings. The van der Waals surface area contributed by atoms with Crippen LogP contribution in [0.3, 0.4) is 0 Å². The Balaban J connectivity index is 3.17. The summed E-state index contributed by atoms with van der Waals surface area (Å²) in [5, 5.41) is 9.69. The summed E-state index contributed by atoms with van der Waals surface area (Å²) in [6.45, 7) is 4.08. The molecule has 0 heterocycles. The van der Waals surface area contributed by atoms with Crippen LogP contribution in [0.15, 0.2) is 18.2 Å². The van der Waals surface area contributed by atoms with Gasteiger partial charge in [-0.2, -0.15) is 0 Å². The normalized spacial score (nSPS) is 10.5. The molecule has 0 atom stereocenters. The van der Waals surface area contributed by atoms with Gasteiger partial charge >= 0.3 is 0 Å². The molecular formula is C9H11ClO. The lowest BCUT2D eigenvalue weighted by Gasteiger charge is -2.07. The van der Waals surface area contributed by atoms with Gasteiger partial charge in [0.15, 0.2) is 0 Å². The molecule has 2 heteroatoms. The molecule has 0 bridgehead atoms. The van der Waals surface area contributed by atoms with Crippen molar-refractivity contribution in [3.8, 4) is 5.75 Å². The number of phenols is 1. The molecule has 0 aliphatic heterocycles. The van der Waals surface area contributed by atoms with Gasteiger partial charge in [0.05, 0.1) is 5.02 Å². The first kappa shape index (κ1) is 8.41. The monoisotopic (exact) mass is 170 g/mol. The van der Waals surface area contributed by atoms with E-state index in [2.05, 4.69) is 0 Å². The van der Waals surface area contributed by atoms with Gasteiger partial charge in [0.2, 0.25) is 0 Å². The van der Waals surface area contributed by atoms with Crippen LogP contribution in [-0.4, -0.2) is 5.11 Å². The van der Waals surface area contributed by atoms with E-state index in [4.69, 9.17) is 11.6 Å². The maximum absolute atomic E-state index is 9.22. The molecule has 60 valence electrons. The fraction of sp³-hybridized carbons (Fsp3) is 0.333. The summed E-state index contributed by atoms with van der Waals surface area (Å²) in [5.41, 5.74) is 0.992. The van der Waals surface area contributed by atoms with Crippen molar-refractivity contribution in [3.63, 3.8) is 0 Å². The van der Waals surface area contributed by atoms with Gasteiger partial charge in [-0.15, -0.1) is 0 Å². The molecule has 1 aromatic rings. The Morgan fingerprint density at radius 1 is 1.36 bits per heavy atom. The van der Waals surface area contributed by atoms with Crippen LogP contribution in [0.5, 0.6) is 5.75 Å². The number of halogens is 1.